The van der Waals surface area contributed by atoms with Gasteiger partial charge in [0.1, 0.15) is 5.15 Å². The van der Waals surface area contributed by atoms with Crippen molar-refractivity contribution in [1.29, 1.82) is 0 Å². The van der Waals surface area contributed by atoms with Crippen LogP contribution in [0.15, 0.2) is 70.5 Å². The number of hydrogen-bond donors (Lipinski definition) is 1. The fraction of sp³-hybridized carbons (Fsp3) is 0.143. The maximum atomic E-state index is 13.0. The van der Waals surface area contributed by atoms with E-state index in [2.05, 4.69) is 10.3 Å². The van der Waals surface area contributed by atoms with E-state index in [0.717, 1.165) is 18.2 Å². The molecule has 0 aliphatic heterocycles. The Morgan fingerprint density at radius 3 is 2.38 bits per heavy atom. The number of alkyl halides is 3. The minimum absolute atomic E-state index is 0.0347. The van der Waals surface area contributed by atoms with Gasteiger partial charge in [0.25, 0.3) is 5.91 Å². The first-order valence-electron chi connectivity index (χ1n) is 9.02. The number of benzene rings is 2. The molecule has 1 amide bonds. The van der Waals surface area contributed by atoms with Crippen LogP contribution in [0, 0.1) is 0 Å². The Bertz CT molecular complexity index is 1260. The van der Waals surface area contributed by atoms with Crippen LogP contribution in [-0.2, 0) is 22.6 Å². The zero-order chi connectivity index (χ0) is 23.5. The SMILES string of the molecule is COc1cc(C(=O)NCc2cccc(S(=O)(=O)c3cccc(C(F)(F)F)c3)c2)cc(Cl)n1. The molecular weight excluding hydrogens is 469 g/mol. The van der Waals surface area contributed by atoms with Crippen LogP contribution in [-0.4, -0.2) is 26.4 Å². The Morgan fingerprint density at radius 2 is 1.72 bits per heavy atom. The highest BCUT2D eigenvalue weighted by atomic mass is 35.5. The van der Waals surface area contributed by atoms with E-state index in [0.29, 0.717) is 11.6 Å². The number of rotatable bonds is 6. The van der Waals surface area contributed by atoms with E-state index < -0.39 is 32.4 Å². The fourth-order valence-electron chi connectivity index (χ4n) is 2.79. The van der Waals surface area contributed by atoms with Gasteiger partial charge in [-0.15, -0.1) is 0 Å². The molecule has 11 heteroatoms. The van der Waals surface area contributed by atoms with Crippen molar-refractivity contribution in [2.75, 3.05) is 7.11 Å². The van der Waals surface area contributed by atoms with Crippen LogP contribution in [0.2, 0.25) is 5.15 Å². The molecule has 3 aromatic rings. The fourth-order valence-corrected chi connectivity index (χ4v) is 4.37. The third-order valence-corrected chi connectivity index (χ3v) is 6.32. The molecule has 0 saturated heterocycles. The van der Waals surface area contributed by atoms with Gasteiger partial charge in [0.05, 0.1) is 22.5 Å². The lowest BCUT2D eigenvalue weighted by Crippen LogP contribution is -2.23. The topological polar surface area (TPSA) is 85.4 Å². The molecule has 0 aliphatic carbocycles. The lowest BCUT2D eigenvalue weighted by molar-refractivity contribution is -0.137. The first-order valence-corrected chi connectivity index (χ1v) is 10.9. The lowest BCUT2D eigenvalue weighted by atomic mass is 10.2. The summed E-state index contributed by atoms with van der Waals surface area (Å²) in [6, 6.07) is 11.8. The van der Waals surface area contributed by atoms with Gasteiger partial charge in [-0.25, -0.2) is 13.4 Å². The summed E-state index contributed by atoms with van der Waals surface area (Å²) in [5.74, 6) is -0.351. The molecule has 1 N–H and O–H groups in total. The molecule has 0 aliphatic rings. The zero-order valence-corrected chi connectivity index (χ0v) is 18.1. The van der Waals surface area contributed by atoms with Crippen molar-refractivity contribution >= 4 is 27.3 Å². The molecule has 0 unspecified atom stereocenters. The first kappa shape index (κ1) is 23.6. The lowest BCUT2D eigenvalue weighted by Gasteiger charge is -2.11. The van der Waals surface area contributed by atoms with Crippen molar-refractivity contribution in [3.63, 3.8) is 0 Å². The molecule has 0 saturated carbocycles. The summed E-state index contributed by atoms with van der Waals surface area (Å²) in [6.07, 6.45) is -4.67. The number of nitrogens with one attached hydrogen (secondary N) is 1. The van der Waals surface area contributed by atoms with Gasteiger partial charge in [-0.05, 0) is 42.0 Å². The van der Waals surface area contributed by atoms with Gasteiger partial charge in [0.15, 0.2) is 0 Å². The smallest absolute Gasteiger partial charge is 0.416 e. The molecule has 6 nitrogen and oxygen atoms in total. The normalized spacial score (nSPS) is 11.8. The minimum atomic E-state index is -4.67. The molecule has 32 heavy (non-hydrogen) atoms. The van der Waals surface area contributed by atoms with Gasteiger partial charge in [-0.2, -0.15) is 13.2 Å². The molecule has 2 aromatic carbocycles. The van der Waals surface area contributed by atoms with E-state index in [4.69, 9.17) is 16.3 Å². The average Bonchev–Trinajstić information content (AvgIpc) is 2.76. The zero-order valence-electron chi connectivity index (χ0n) is 16.5. The summed E-state index contributed by atoms with van der Waals surface area (Å²) >= 11 is 5.85. The van der Waals surface area contributed by atoms with Crippen LogP contribution in [0.25, 0.3) is 0 Å². The van der Waals surface area contributed by atoms with Crippen molar-refractivity contribution in [2.45, 2.75) is 22.5 Å². The molecule has 0 spiro atoms. The summed E-state index contributed by atoms with van der Waals surface area (Å²) in [5, 5.41) is 2.68. The maximum Gasteiger partial charge on any atom is 0.416 e. The Labute approximate surface area is 186 Å². The predicted octanol–water partition coefficient (Wildman–Crippen LogP) is 4.53. The molecule has 0 bridgehead atoms. The highest BCUT2D eigenvalue weighted by Gasteiger charge is 2.32. The third-order valence-electron chi connectivity index (χ3n) is 4.38. The quantitative estimate of drug-likeness (QED) is 0.520. The maximum absolute atomic E-state index is 13.0. The highest BCUT2D eigenvalue weighted by molar-refractivity contribution is 7.91. The molecule has 1 heterocycles. The Balaban J connectivity index is 1.81. The van der Waals surface area contributed by atoms with Gasteiger partial charge in [0.2, 0.25) is 15.7 Å². The second-order valence-corrected chi connectivity index (χ2v) is 8.92. The number of hydrogen-bond acceptors (Lipinski definition) is 5. The number of ether oxygens (including phenoxy) is 1. The van der Waals surface area contributed by atoms with Crippen LogP contribution in [0.4, 0.5) is 13.2 Å². The van der Waals surface area contributed by atoms with Crippen molar-refractivity contribution in [2.24, 2.45) is 0 Å². The predicted molar refractivity (Wildman–Crippen MR) is 110 cm³/mol. The van der Waals surface area contributed by atoms with E-state index in [-0.39, 0.29) is 28.0 Å². The molecule has 1 aromatic heterocycles. The number of carbonyl (C=O) groups excluding carboxylic acids is 1. The van der Waals surface area contributed by atoms with Crippen molar-refractivity contribution < 1.29 is 31.1 Å². The number of amides is 1. The average molecular weight is 485 g/mol. The van der Waals surface area contributed by atoms with Crippen LogP contribution < -0.4 is 10.1 Å². The van der Waals surface area contributed by atoms with Crippen LogP contribution >= 0.6 is 11.6 Å². The summed E-state index contributed by atoms with van der Waals surface area (Å²) < 4.78 is 69.5. The molecule has 168 valence electrons. The van der Waals surface area contributed by atoms with Crippen LogP contribution in [0.1, 0.15) is 21.5 Å². The molecule has 0 atom stereocenters. The Hall–Kier alpha value is -3.11. The Morgan fingerprint density at radius 1 is 1.06 bits per heavy atom. The van der Waals surface area contributed by atoms with E-state index in [1.54, 1.807) is 6.07 Å². The van der Waals surface area contributed by atoms with Gasteiger partial charge in [0, 0.05) is 18.2 Å². The van der Waals surface area contributed by atoms with Gasteiger partial charge in [-0.1, -0.05) is 29.8 Å². The summed E-state index contributed by atoms with van der Waals surface area (Å²) in [6.45, 7) is -0.0347. The van der Waals surface area contributed by atoms with Crippen LogP contribution in [0.3, 0.4) is 0 Å². The summed E-state index contributed by atoms with van der Waals surface area (Å²) in [5.41, 5.74) is -0.443. The van der Waals surface area contributed by atoms with Gasteiger partial charge < -0.3 is 10.1 Å². The number of carbonyl (C=O) groups is 1. The number of sulfone groups is 1. The number of nitrogens with zero attached hydrogens (tertiary/aromatic N) is 1. The third kappa shape index (κ3) is 5.38. The standard InChI is InChI=1S/C21H16ClF3N2O4S/c1-31-19-10-14(9-18(22)27-19)20(28)26-12-13-4-2-6-16(8-13)32(29,30)17-7-3-5-15(11-17)21(23,24)25/h2-11H,12H2,1H3,(H,26,28). The van der Waals surface area contributed by atoms with Gasteiger partial charge in [-0.3, -0.25) is 4.79 Å². The number of methoxy groups -OCH3 is 1. The molecule has 3 rings (SSSR count). The van der Waals surface area contributed by atoms with Crippen LogP contribution in [0.5, 0.6) is 5.88 Å². The molecule has 0 radical (unpaired) electrons. The second kappa shape index (κ2) is 9.17. The summed E-state index contributed by atoms with van der Waals surface area (Å²) in [7, 11) is -2.83. The largest absolute Gasteiger partial charge is 0.481 e. The molecule has 0 fully saturated rings. The number of aromatic nitrogens is 1. The number of pyridine rings is 1. The number of halogens is 4. The molecular formula is C21H16ClF3N2O4S. The van der Waals surface area contributed by atoms with Crippen molar-refractivity contribution in [1.82, 2.24) is 10.3 Å². The van der Waals surface area contributed by atoms with Crippen molar-refractivity contribution in [3.8, 4) is 5.88 Å². The van der Waals surface area contributed by atoms with E-state index in [1.807, 2.05) is 0 Å². The minimum Gasteiger partial charge on any atom is -0.481 e. The van der Waals surface area contributed by atoms with Gasteiger partial charge >= 0.3 is 6.18 Å². The van der Waals surface area contributed by atoms with E-state index in [9.17, 15) is 26.4 Å². The Kier molecular flexibility index (Phi) is 6.75. The summed E-state index contributed by atoms with van der Waals surface area (Å²) in [4.78, 5) is 15.6. The first-order chi connectivity index (χ1) is 15.0. The van der Waals surface area contributed by atoms with E-state index >= 15 is 0 Å². The highest BCUT2D eigenvalue weighted by Crippen LogP contribution is 2.32. The monoisotopic (exact) mass is 484 g/mol. The van der Waals surface area contributed by atoms with Crippen molar-refractivity contribution in [3.05, 3.63) is 82.5 Å². The second-order valence-electron chi connectivity index (χ2n) is 6.58. The van der Waals surface area contributed by atoms with E-state index in [1.165, 1.54) is 37.4 Å².